The lowest BCUT2D eigenvalue weighted by atomic mass is 9.46. The number of hydrogen-bond donors (Lipinski definition) is 1. The molecular formula is C30H48O3. The molecule has 9 atom stereocenters. The normalized spacial score (nSPS) is 44.6. The zero-order valence-corrected chi connectivity index (χ0v) is 22.2. The molecule has 4 rings (SSSR count). The second-order valence-corrected chi connectivity index (χ2v) is 13.0. The summed E-state index contributed by atoms with van der Waals surface area (Å²) in [5, 5.41) is 10.5. The molecule has 0 aliphatic heterocycles. The maximum absolute atomic E-state index is 12.1. The number of aliphatic hydroxyl groups is 1. The van der Waals surface area contributed by atoms with Gasteiger partial charge in [0, 0.05) is 25.2 Å². The fourth-order valence-electron chi connectivity index (χ4n) is 8.55. The van der Waals surface area contributed by atoms with Crippen molar-refractivity contribution < 1.29 is 14.6 Å². The molecule has 33 heavy (non-hydrogen) atoms. The van der Waals surface area contributed by atoms with E-state index in [1.54, 1.807) is 5.57 Å². The maximum Gasteiger partial charge on any atom is 0.303 e. The van der Waals surface area contributed by atoms with Crippen LogP contribution in [-0.4, -0.2) is 22.8 Å². The van der Waals surface area contributed by atoms with Crippen LogP contribution in [0.3, 0.4) is 0 Å². The fourth-order valence-corrected chi connectivity index (χ4v) is 8.55. The van der Waals surface area contributed by atoms with E-state index in [2.05, 4.69) is 59.8 Å². The van der Waals surface area contributed by atoms with Crippen LogP contribution in [-0.2, 0) is 9.53 Å². The summed E-state index contributed by atoms with van der Waals surface area (Å²) in [6, 6.07) is 0. The van der Waals surface area contributed by atoms with Crippen molar-refractivity contribution in [3.05, 3.63) is 23.8 Å². The van der Waals surface area contributed by atoms with Gasteiger partial charge in [-0.25, -0.2) is 0 Å². The molecular weight excluding hydrogens is 408 g/mol. The van der Waals surface area contributed by atoms with Gasteiger partial charge in [0.2, 0.25) is 0 Å². The molecule has 3 nitrogen and oxygen atoms in total. The predicted octanol–water partition coefficient (Wildman–Crippen LogP) is 7.10. The Morgan fingerprint density at radius 1 is 1.06 bits per heavy atom. The molecule has 0 radical (unpaired) electrons. The number of hydrogen-bond acceptors (Lipinski definition) is 3. The van der Waals surface area contributed by atoms with Crippen LogP contribution in [0.4, 0.5) is 0 Å². The number of carbonyl (C=O) groups is 1. The highest BCUT2D eigenvalue weighted by molar-refractivity contribution is 5.67. The van der Waals surface area contributed by atoms with Crippen molar-refractivity contribution >= 4 is 5.97 Å². The van der Waals surface area contributed by atoms with E-state index < -0.39 is 5.60 Å². The SMILES string of the molecule is CC(=O)OC12CC=C3C4CCC(C(C)C=CC(C)C(C)C)C4(C)CCC3C1(C)CCC(O)C2. The fraction of sp³-hybridized carbons (Fsp3) is 0.833. The molecule has 3 saturated carbocycles. The Morgan fingerprint density at radius 3 is 2.45 bits per heavy atom. The third-order valence-electron chi connectivity index (χ3n) is 11.0. The van der Waals surface area contributed by atoms with E-state index in [-0.39, 0.29) is 17.5 Å². The molecule has 0 aromatic rings. The molecule has 0 amide bonds. The van der Waals surface area contributed by atoms with Crippen LogP contribution >= 0.6 is 0 Å². The predicted molar refractivity (Wildman–Crippen MR) is 135 cm³/mol. The second-order valence-electron chi connectivity index (χ2n) is 13.0. The topological polar surface area (TPSA) is 46.5 Å². The Labute approximate surface area is 202 Å². The van der Waals surface area contributed by atoms with E-state index in [0.29, 0.717) is 41.4 Å². The summed E-state index contributed by atoms with van der Waals surface area (Å²) in [4.78, 5) is 12.1. The van der Waals surface area contributed by atoms with Crippen LogP contribution in [0.15, 0.2) is 23.8 Å². The number of ether oxygens (including phenoxy) is 1. The summed E-state index contributed by atoms with van der Waals surface area (Å²) in [7, 11) is 0. The Morgan fingerprint density at radius 2 is 1.79 bits per heavy atom. The highest BCUT2D eigenvalue weighted by Gasteiger charge is 2.64. The molecule has 4 aliphatic rings. The highest BCUT2D eigenvalue weighted by Crippen LogP contribution is 2.68. The zero-order chi connectivity index (χ0) is 24.2. The van der Waals surface area contributed by atoms with E-state index in [0.717, 1.165) is 25.2 Å². The van der Waals surface area contributed by atoms with Gasteiger partial charge in [-0.1, -0.05) is 65.3 Å². The van der Waals surface area contributed by atoms with Crippen molar-refractivity contribution in [2.24, 2.45) is 46.3 Å². The van der Waals surface area contributed by atoms with E-state index in [1.807, 2.05) is 0 Å². The molecule has 0 bridgehead atoms. The highest BCUT2D eigenvalue weighted by atomic mass is 16.6. The average molecular weight is 457 g/mol. The van der Waals surface area contributed by atoms with Crippen molar-refractivity contribution in [1.29, 1.82) is 0 Å². The molecule has 3 heteroatoms. The third-order valence-corrected chi connectivity index (χ3v) is 11.0. The quantitative estimate of drug-likeness (QED) is 0.354. The minimum absolute atomic E-state index is 0.0698. The molecule has 1 N–H and O–H groups in total. The van der Waals surface area contributed by atoms with Gasteiger partial charge in [0.25, 0.3) is 0 Å². The summed E-state index contributed by atoms with van der Waals surface area (Å²) in [5.74, 6) is 3.59. The van der Waals surface area contributed by atoms with Gasteiger partial charge < -0.3 is 9.84 Å². The molecule has 186 valence electrons. The first-order valence-corrected chi connectivity index (χ1v) is 13.7. The molecule has 4 aliphatic carbocycles. The molecule has 0 aromatic carbocycles. The third kappa shape index (κ3) is 4.05. The Bertz CT molecular complexity index is 811. The van der Waals surface area contributed by atoms with Gasteiger partial charge in [-0.2, -0.15) is 0 Å². The molecule has 9 unspecified atom stereocenters. The second kappa shape index (κ2) is 8.85. The Kier molecular flexibility index (Phi) is 6.71. The lowest BCUT2D eigenvalue weighted by Gasteiger charge is -2.61. The smallest absolute Gasteiger partial charge is 0.303 e. The summed E-state index contributed by atoms with van der Waals surface area (Å²) in [5.41, 5.74) is 1.41. The standard InChI is InChI=1S/C30H48O3/c1-19(2)20(3)8-9-21(4)25-10-11-26-24-13-17-30(33-22(5)31)18-23(32)12-16-29(30,7)27(24)14-15-28(25,26)6/h8-9,13,19-21,23,25-27,32H,10-12,14-18H2,1-7H3. The number of carbonyl (C=O) groups excluding carboxylic acids is 1. The summed E-state index contributed by atoms with van der Waals surface area (Å²) < 4.78 is 6.12. The van der Waals surface area contributed by atoms with Gasteiger partial charge >= 0.3 is 5.97 Å². The van der Waals surface area contributed by atoms with Gasteiger partial charge in [0.15, 0.2) is 0 Å². The van der Waals surface area contributed by atoms with E-state index >= 15 is 0 Å². The first-order valence-electron chi connectivity index (χ1n) is 13.7. The van der Waals surface area contributed by atoms with Crippen molar-refractivity contribution in [2.75, 3.05) is 0 Å². The number of fused-ring (bicyclic) bond motifs is 5. The molecule has 0 saturated heterocycles. The van der Waals surface area contributed by atoms with Crippen LogP contribution in [0, 0.1) is 46.3 Å². The van der Waals surface area contributed by atoms with Crippen LogP contribution in [0.5, 0.6) is 0 Å². The largest absolute Gasteiger partial charge is 0.458 e. The molecule has 3 fully saturated rings. The van der Waals surface area contributed by atoms with Crippen molar-refractivity contribution in [1.82, 2.24) is 0 Å². The van der Waals surface area contributed by atoms with Crippen molar-refractivity contribution in [2.45, 2.75) is 112 Å². The number of allylic oxidation sites excluding steroid dienone is 3. The lowest BCUT2D eigenvalue weighted by molar-refractivity contribution is -0.205. The first-order chi connectivity index (χ1) is 15.4. The van der Waals surface area contributed by atoms with E-state index in [4.69, 9.17) is 4.74 Å². The molecule has 0 aromatic heterocycles. The zero-order valence-electron chi connectivity index (χ0n) is 22.2. The van der Waals surface area contributed by atoms with Gasteiger partial charge in [0.05, 0.1) is 6.10 Å². The van der Waals surface area contributed by atoms with Crippen molar-refractivity contribution in [3.63, 3.8) is 0 Å². The number of esters is 1. The summed E-state index contributed by atoms with van der Waals surface area (Å²) in [6.45, 7) is 15.9. The van der Waals surface area contributed by atoms with Gasteiger partial charge in [-0.15, -0.1) is 0 Å². The molecule has 0 heterocycles. The summed E-state index contributed by atoms with van der Waals surface area (Å²) in [6.07, 6.45) is 15.2. The van der Waals surface area contributed by atoms with Crippen LogP contribution in [0.25, 0.3) is 0 Å². The van der Waals surface area contributed by atoms with E-state index in [1.165, 1.54) is 32.6 Å². The Balaban J connectivity index is 1.61. The van der Waals surface area contributed by atoms with Gasteiger partial charge in [0.1, 0.15) is 5.60 Å². The average Bonchev–Trinajstić information content (AvgIpc) is 3.09. The number of aliphatic hydroxyl groups excluding tert-OH is 1. The maximum atomic E-state index is 12.1. The minimum Gasteiger partial charge on any atom is -0.458 e. The number of rotatable bonds is 5. The van der Waals surface area contributed by atoms with Crippen LogP contribution < -0.4 is 0 Å². The van der Waals surface area contributed by atoms with Crippen LogP contribution in [0.1, 0.15) is 99.8 Å². The Hall–Kier alpha value is -1.09. The first kappa shape index (κ1) is 25.0. The van der Waals surface area contributed by atoms with E-state index in [9.17, 15) is 9.90 Å². The van der Waals surface area contributed by atoms with Gasteiger partial charge in [-0.3, -0.25) is 4.79 Å². The molecule has 0 spiro atoms. The monoisotopic (exact) mass is 456 g/mol. The summed E-state index contributed by atoms with van der Waals surface area (Å²) >= 11 is 0. The van der Waals surface area contributed by atoms with Crippen molar-refractivity contribution in [3.8, 4) is 0 Å². The van der Waals surface area contributed by atoms with Gasteiger partial charge in [-0.05, 0) is 79.4 Å². The lowest BCUT2D eigenvalue weighted by Crippen LogP contribution is -2.61. The minimum atomic E-state index is -0.542. The van der Waals surface area contributed by atoms with Crippen LogP contribution in [0.2, 0.25) is 0 Å².